The number of hydrogen-bond acceptors (Lipinski definition) is 6. The lowest BCUT2D eigenvalue weighted by Gasteiger charge is -2.17. The number of nitrogens with one attached hydrogen (secondary N) is 2. The first-order valence-corrected chi connectivity index (χ1v) is 12.3. The van der Waals surface area contributed by atoms with E-state index in [-0.39, 0.29) is 35.5 Å². The number of sulfonamides is 2. The topological polar surface area (TPSA) is 105 Å². The summed E-state index contributed by atoms with van der Waals surface area (Å²) >= 11 is 19.1. The number of halogens is 3. The molecule has 0 saturated carbocycles. The van der Waals surface area contributed by atoms with E-state index in [2.05, 4.69) is 14.4 Å². The highest BCUT2D eigenvalue weighted by atomic mass is 35.5. The van der Waals surface area contributed by atoms with Crippen molar-refractivity contribution in [2.45, 2.75) is 9.10 Å². The van der Waals surface area contributed by atoms with Gasteiger partial charge in [-0.15, -0.1) is 11.3 Å². The molecule has 0 saturated heterocycles. The molecule has 13 heteroatoms. The quantitative estimate of drug-likeness (QED) is 0.479. The molecule has 0 radical (unpaired) electrons. The number of pyridine rings is 1. The maximum atomic E-state index is 12.6. The molecule has 1 aromatic carbocycles. The Morgan fingerprint density at radius 1 is 0.929 bits per heavy atom. The van der Waals surface area contributed by atoms with Crippen LogP contribution in [0.15, 0.2) is 57.2 Å². The van der Waals surface area contributed by atoms with Crippen molar-refractivity contribution in [2.75, 3.05) is 9.44 Å². The van der Waals surface area contributed by atoms with Crippen molar-refractivity contribution in [3.63, 3.8) is 0 Å². The van der Waals surface area contributed by atoms with Gasteiger partial charge in [0.15, 0.2) is 0 Å². The Morgan fingerprint density at radius 3 is 2.29 bits per heavy atom. The fraction of sp³-hybridized carbons (Fsp3) is 0. The second-order valence-electron chi connectivity index (χ2n) is 5.24. The molecule has 2 N–H and O–H groups in total. The van der Waals surface area contributed by atoms with Crippen LogP contribution in [-0.4, -0.2) is 21.8 Å². The molecule has 2 heterocycles. The van der Waals surface area contributed by atoms with Crippen LogP contribution < -0.4 is 9.44 Å². The van der Waals surface area contributed by atoms with E-state index >= 15 is 0 Å². The van der Waals surface area contributed by atoms with Gasteiger partial charge in [-0.25, -0.2) is 16.8 Å². The molecule has 0 aliphatic rings. The molecule has 0 aliphatic heterocycles. The van der Waals surface area contributed by atoms with Crippen molar-refractivity contribution in [1.29, 1.82) is 0 Å². The summed E-state index contributed by atoms with van der Waals surface area (Å²) in [4.78, 5) is 3.62. The van der Waals surface area contributed by atoms with Crippen LogP contribution in [-0.2, 0) is 20.0 Å². The Kier molecular flexibility index (Phi) is 6.08. The molecule has 148 valence electrons. The van der Waals surface area contributed by atoms with E-state index in [0.717, 1.165) is 23.6 Å². The number of anilines is 2. The van der Waals surface area contributed by atoms with Crippen molar-refractivity contribution in [3.8, 4) is 0 Å². The van der Waals surface area contributed by atoms with Gasteiger partial charge in [0.05, 0.1) is 26.4 Å². The van der Waals surface area contributed by atoms with E-state index < -0.39 is 20.0 Å². The molecule has 0 atom stereocenters. The lowest BCUT2D eigenvalue weighted by atomic mass is 10.3. The largest absolute Gasteiger partial charge is 0.277 e. The third kappa shape index (κ3) is 4.37. The number of benzene rings is 1. The molecule has 28 heavy (non-hydrogen) atoms. The highest BCUT2D eigenvalue weighted by molar-refractivity contribution is 7.94. The lowest BCUT2D eigenvalue weighted by Crippen LogP contribution is -2.17. The van der Waals surface area contributed by atoms with E-state index in [1.807, 2.05) is 0 Å². The minimum absolute atomic E-state index is 0.00991. The summed E-state index contributed by atoms with van der Waals surface area (Å²) in [7, 11) is -8.13. The molecule has 0 aliphatic carbocycles. The molecular weight excluding hydrogens is 489 g/mol. The Labute approximate surface area is 180 Å². The van der Waals surface area contributed by atoms with Gasteiger partial charge in [-0.3, -0.25) is 14.4 Å². The minimum atomic E-state index is -4.10. The summed E-state index contributed by atoms with van der Waals surface area (Å²) in [5, 5.41) is 1.14. The Hall–Kier alpha value is -1.56. The Balaban J connectivity index is 2.09. The van der Waals surface area contributed by atoms with Gasteiger partial charge >= 0.3 is 0 Å². The summed E-state index contributed by atoms with van der Waals surface area (Å²) in [5.41, 5.74) is -0.444. The Morgan fingerprint density at radius 2 is 1.68 bits per heavy atom. The smallest absolute Gasteiger partial charge is 0.271 e. The fourth-order valence-electron chi connectivity index (χ4n) is 2.09. The molecule has 0 amide bonds. The van der Waals surface area contributed by atoms with Gasteiger partial charge in [0.1, 0.15) is 9.10 Å². The predicted molar refractivity (Wildman–Crippen MR) is 112 cm³/mol. The number of hydrogen-bond donors (Lipinski definition) is 2. The first-order chi connectivity index (χ1) is 13.1. The molecule has 3 aromatic rings. The van der Waals surface area contributed by atoms with Crippen LogP contribution in [0.2, 0.25) is 15.1 Å². The third-order valence-electron chi connectivity index (χ3n) is 3.35. The fourth-order valence-corrected chi connectivity index (χ4v) is 5.91. The van der Waals surface area contributed by atoms with E-state index in [0.29, 0.717) is 0 Å². The van der Waals surface area contributed by atoms with E-state index in [1.54, 1.807) is 11.4 Å². The van der Waals surface area contributed by atoms with E-state index in [9.17, 15) is 16.8 Å². The van der Waals surface area contributed by atoms with E-state index in [4.69, 9.17) is 34.8 Å². The van der Waals surface area contributed by atoms with Crippen molar-refractivity contribution in [3.05, 3.63) is 63.2 Å². The van der Waals surface area contributed by atoms with Crippen LogP contribution in [0.3, 0.4) is 0 Å². The van der Waals surface area contributed by atoms with Gasteiger partial charge in [-0.1, -0.05) is 40.9 Å². The highest BCUT2D eigenvalue weighted by Gasteiger charge is 2.25. The maximum absolute atomic E-state index is 12.6. The second-order valence-corrected chi connectivity index (χ2v) is 10.9. The van der Waals surface area contributed by atoms with Crippen LogP contribution in [0, 0.1) is 0 Å². The van der Waals surface area contributed by atoms with Gasteiger partial charge in [0.25, 0.3) is 20.0 Å². The summed E-state index contributed by atoms with van der Waals surface area (Å²) in [6.07, 6.45) is 2.55. The van der Waals surface area contributed by atoms with Crippen molar-refractivity contribution < 1.29 is 16.8 Å². The lowest BCUT2D eigenvalue weighted by molar-refractivity contribution is 0.599. The molecule has 2 aromatic heterocycles. The standard InChI is InChI=1S/C15H10Cl3N3O4S3/c16-10-7-11(20-27(22,23)9-3-1-5-19-8-9)15(14(18)13(10)17)21-28(24,25)12-4-2-6-26-12/h1-8,20-21H. The van der Waals surface area contributed by atoms with Gasteiger partial charge in [-0.2, -0.15) is 0 Å². The normalized spacial score (nSPS) is 12.0. The average molecular weight is 499 g/mol. The first kappa shape index (κ1) is 21.2. The van der Waals surface area contributed by atoms with Crippen molar-refractivity contribution in [1.82, 2.24) is 4.98 Å². The molecular formula is C15H10Cl3N3O4S3. The number of thiophene rings is 1. The molecule has 0 fully saturated rings. The van der Waals surface area contributed by atoms with Crippen LogP contribution >= 0.6 is 46.1 Å². The molecule has 7 nitrogen and oxygen atoms in total. The Bertz CT molecular complexity index is 1220. The van der Waals surface area contributed by atoms with Gasteiger partial charge in [0, 0.05) is 12.4 Å². The predicted octanol–water partition coefficient (Wildman–Crippen LogP) is 4.70. The van der Waals surface area contributed by atoms with Crippen LogP contribution in [0.1, 0.15) is 0 Å². The van der Waals surface area contributed by atoms with E-state index in [1.165, 1.54) is 24.4 Å². The van der Waals surface area contributed by atoms with Gasteiger partial charge in [-0.05, 0) is 29.6 Å². The summed E-state index contributed by atoms with van der Waals surface area (Å²) in [6.45, 7) is 0. The SMILES string of the molecule is O=S(=O)(Nc1cc(Cl)c(Cl)c(Cl)c1NS(=O)(=O)c1cccs1)c1cccnc1. The zero-order valence-electron chi connectivity index (χ0n) is 13.6. The van der Waals surface area contributed by atoms with Crippen molar-refractivity contribution >= 4 is 77.6 Å². The number of nitrogens with zero attached hydrogens (tertiary/aromatic N) is 1. The summed E-state index contributed by atoms with van der Waals surface area (Å²) in [5.74, 6) is 0. The monoisotopic (exact) mass is 497 g/mol. The first-order valence-electron chi connectivity index (χ1n) is 7.28. The zero-order chi connectivity index (χ0) is 20.5. The maximum Gasteiger partial charge on any atom is 0.271 e. The summed E-state index contributed by atoms with van der Waals surface area (Å²) in [6, 6.07) is 6.87. The molecule has 0 unspecified atom stereocenters. The molecule has 0 spiro atoms. The molecule has 3 rings (SSSR count). The minimum Gasteiger partial charge on any atom is -0.277 e. The van der Waals surface area contributed by atoms with Crippen LogP contribution in [0.5, 0.6) is 0 Å². The highest BCUT2D eigenvalue weighted by Crippen LogP contribution is 2.43. The average Bonchev–Trinajstić information content (AvgIpc) is 3.19. The van der Waals surface area contributed by atoms with Gasteiger partial charge < -0.3 is 0 Å². The summed E-state index contributed by atoms with van der Waals surface area (Å²) < 4.78 is 54.9. The van der Waals surface area contributed by atoms with Gasteiger partial charge in [0.2, 0.25) is 0 Å². The zero-order valence-corrected chi connectivity index (χ0v) is 18.3. The third-order valence-corrected chi connectivity index (χ3v) is 8.71. The van der Waals surface area contributed by atoms with Crippen molar-refractivity contribution in [2.24, 2.45) is 0 Å². The number of rotatable bonds is 6. The number of aromatic nitrogens is 1. The molecule has 0 bridgehead atoms. The van der Waals surface area contributed by atoms with Crippen LogP contribution in [0.4, 0.5) is 11.4 Å². The van der Waals surface area contributed by atoms with Crippen LogP contribution in [0.25, 0.3) is 0 Å². The second kappa shape index (κ2) is 8.05.